The zero-order chi connectivity index (χ0) is 13.8. The number of benzene rings is 2. The fourth-order valence-corrected chi connectivity index (χ4v) is 1.94. The third-order valence-corrected chi connectivity index (χ3v) is 3.00. The van der Waals surface area contributed by atoms with E-state index in [0.717, 1.165) is 16.3 Å². The van der Waals surface area contributed by atoms with E-state index in [1.54, 1.807) is 18.3 Å². The molecule has 0 N–H and O–H groups in total. The predicted octanol–water partition coefficient (Wildman–Crippen LogP) is 3.08. The molecule has 0 bridgehead atoms. The number of hydrogen-bond donors (Lipinski definition) is 0. The Hall–Kier alpha value is -2.93. The van der Waals surface area contributed by atoms with E-state index in [9.17, 15) is 0 Å². The fourth-order valence-electron chi connectivity index (χ4n) is 1.94. The largest absolute Gasteiger partial charge is 0.471 e. The molecule has 1 aromatic heterocycles. The first-order valence-corrected chi connectivity index (χ1v) is 6.19. The molecule has 3 rings (SSSR count). The first-order chi connectivity index (χ1) is 9.86. The molecule has 20 heavy (non-hydrogen) atoms. The molecular formula is C16H11N3O. The lowest BCUT2D eigenvalue weighted by Gasteiger charge is -2.07. The molecule has 4 heteroatoms. The second-order valence-electron chi connectivity index (χ2n) is 4.33. The van der Waals surface area contributed by atoms with Gasteiger partial charge in [-0.25, -0.2) is 0 Å². The van der Waals surface area contributed by atoms with Crippen molar-refractivity contribution in [2.75, 3.05) is 0 Å². The standard InChI is InChI=1S/C16H11N3O/c17-9-12-5-7-13(8-6-12)11-20-16-15-4-2-1-3-14(15)10-18-19-16/h1-8,10H,11H2. The van der Waals surface area contributed by atoms with Crippen LogP contribution < -0.4 is 4.74 Å². The van der Waals surface area contributed by atoms with Crippen molar-refractivity contribution in [1.82, 2.24) is 10.2 Å². The number of aromatic nitrogens is 2. The average Bonchev–Trinajstić information content (AvgIpc) is 2.53. The van der Waals surface area contributed by atoms with E-state index in [4.69, 9.17) is 10.00 Å². The van der Waals surface area contributed by atoms with Crippen LogP contribution in [0, 0.1) is 11.3 Å². The van der Waals surface area contributed by atoms with Crippen molar-refractivity contribution in [2.24, 2.45) is 0 Å². The van der Waals surface area contributed by atoms with E-state index in [1.165, 1.54) is 0 Å². The minimum absolute atomic E-state index is 0.397. The topological polar surface area (TPSA) is 58.8 Å². The van der Waals surface area contributed by atoms with E-state index in [2.05, 4.69) is 16.3 Å². The summed E-state index contributed by atoms with van der Waals surface area (Å²) in [5.74, 6) is 0.521. The molecule has 4 nitrogen and oxygen atoms in total. The number of rotatable bonds is 3. The van der Waals surface area contributed by atoms with E-state index in [-0.39, 0.29) is 0 Å². The van der Waals surface area contributed by atoms with E-state index >= 15 is 0 Å². The summed E-state index contributed by atoms with van der Waals surface area (Å²) in [4.78, 5) is 0. The lowest BCUT2D eigenvalue weighted by molar-refractivity contribution is 0.294. The van der Waals surface area contributed by atoms with Gasteiger partial charge in [-0.1, -0.05) is 30.3 Å². The molecule has 0 unspecified atom stereocenters. The monoisotopic (exact) mass is 261 g/mol. The first kappa shape index (κ1) is 12.1. The van der Waals surface area contributed by atoms with Crippen molar-refractivity contribution in [2.45, 2.75) is 6.61 Å². The van der Waals surface area contributed by atoms with Gasteiger partial charge in [0.15, 0.2) is 0 Å². The molecule has 0 radical (unpaired) electrons. The van der Waals surface area contributed by atoms with E-state index < -0.39 is 0 Å². The van der Waals surface area contributed by atoms with Crippen molar-refractivity contribution in [3.05, 3.63) is 65.9 Å². The van der Waals surface area contributed by atoms with Crippen LogP contribution in [-0.2, 0) is 6.61 Å². The summed E-state index contributed by atoms with van der Waals surface area (Å²) >= 11 is 0. The fraction of sp³-hybridized carbons (Fsp3) is 0.0625. The van der Waals surface area contributed by atoms with Gasteiger partial charge in [0.2, 0.25) is 5.88 Å². The zero-order valence-corrected chi connectivity index (χ0v) is 10.7. The van der Waals surface area contributed by atoms with Gasteiger partial charge in [-0.3, -0.25) is 0 Å². The molecule has 0 aliphatic carbocycles. The number of nitrogens with zero attached hydrogens (tertiary/aromatic N) is 3. The maximum absolute atomic E-state index is 8.76. The van der Waals surface area contributed by atoms with Gasteiger partial charge in [0, 0.05) is 10.8 Å². The van der Waals surface area contributed by atoms with Crippen LogP contribution in [-0.4, -0.2) is 10.2 Å². The minimum Gasteiger partial charge on any atom is -0.471 e. The smallest absolute Gasteiger partial charge is 0.241 e. The van der Waals surface area contributed by atoms with Crippen molar-refractivity contribution in [3.63, 3.8) is 0 Å². The maximum Gasteiger partial charge on any atom is 0.241 e. The maximum atomic E-state index is 8.76. The average molecular weight is 261 g/mol. The molecule has 0 amide bonds. The molecule has 3 aromatic rings. The molecular weight excluding hydrogens is 250 g/mol. The molecule has 0 aliphatic heterocycles. The van der Waals surface area contributed by atoms with Gasteiger partial charge in [0.1, 0.15) is 6.61 Å². The Bertz CT molecular complexity index is 770. The van der Waals surface area contributed by atoms with Crippen LogP contribution in [0.2, 0.25) is 0 Å². The lowest BCUT2D eigenvalue weighted by Crippen LogP contribution is -1.99. The number of hydrogen-bond acceptors (Lipinski definition) is 4. The van der Waals surface area contributed by atoms with Crippen LogP contribution in [0.5, 0.6) is 5.88 Å². The van der Waals surface area contributed by atoms with Gasteiger partial charge in [-0.15, -0.1) is 5.10 Å². The molecule has 0 spiro atoms. The second-order valence-corrected chi connectivity index (χ2v) is 4.33. The Morgan fingerprint density at radius 1 is 1.05 bits per heavy atom. The highest BCUT2D eigenvalue weighted by Crippen LogP contribution is 2.22. The summed E-state index contributed by atoms with van der Waals surface area (Å²) in [6.45, 7) is 0.397. The van der Waals surface area contributed by atoms with Gasteiger partial charge in [-0.2, -0.15) is 10.4 Å². The van der Waals surface area contributed by atoms with Crippen LogP contribution in [0.25, 0.3) is 10.8 Å². The highest BCUT2D eigenvalue weighted by atomic mass is 16.5. The Morgan fingerprint density at radius 3 is 2.65 bits per heavy atom. The van der Waals surface area contributed by atoms with Crippen LogP contribution in [0.4, 0.5) is 0 Å². The highest BCUT2D eigenvalue weighted by molar-refractivity contribution is 5.85. The Morgan fingerprint density at radius 2 is 1.85 bits per heavy atom. The van der Waals surface area contributed by atoms with Gasteiger partial charge in [0.05, 0.1) is 17.8 Å². The Labute approximate surface area is 116 Å². The second kappa shape index (κ2) is 5.37. The number of ether oxygens (including phenoxy) is 1. The highest BCUT2D eigenvalue weighted by Gasteiger charge is 2.04. The Balaban J connectivity index is 1.81. The first-order valence-electron chi connectivity index (χ1n) is 6.19. The normalized spacial score (nSPS) is 10.2. The van der Waals surface area contributed by atoms with Crippen molar-refractivity contribution >= 4 is 10.8 Å². The van der Waals surface area contributed by atoms with Gasteiger partial charge < -0.3 is 4.74 Å². The predicted molar refractivity (Wildman–Crippen MR) is 75.0 cm³/mol. The molecule has 1 heterocycles. The summed E-state index contributed by atoms with van der Waals surface area (Å²) in [6, 6.07) is 17.2. The van der Waals surface area contributed by atoms with Gasteiger partial charge in [0.25, 0.3) is 0 Å². The molecule has 0 fully saturated rings. The van der Waals surface area contributed by atoms with E-state index in [0.29, 0.717) is 18.1 Å². The van der Waals surface area contributed by atoms with Crippen LogP contribution in [0.3, 0.4) is 0 Å². The molecule has 0 saturated heterocycles. The lowest BCUT2D eigenvalue weighted by atomic mass is 10.1. The molecule has 0 atom stereocenters. The Kier molecular flexibility index (Phi) is 3.25. The van der Waals surface area contributed by atoms with E-state index in [1.807, 2.05) is 36.4 Å². The van der Waals surface area contributed by atoms with Crippen LogP contribution in [0.15, 0.2) is 54.7 Å². The summed E-state index contributed by atoms with van der Waals surface area (Å²) in [6.07, 6.45) is 1.71. The quantitative estimate of drug-likeness (QED) is 0.727. The molecule has 0 aliphatic rings. The number of fused-ring (bicyclic) bond motifs is 1. The number of nitriles is 1. The van der Waals surface area contributed by atoms with Crippen molar-refractivity contribution in [3.8, 4) is 11.9 Å². The van der Waals surface area contributed by atoms with Crippen LogP contribution >= 0.6 is 0 Å². The summed E-state index contributed by atoms with van der Waals surface area (Å²) in [5.41, 5.74) is 1.62. The molecule has 0 saturated carbocycles. The SMILES string of the molecule is N#Cc1ccc(COc2nncc3ccccc23)cc1. The molecule has 96 valence electrons. The van der Waals surface area contributed by atoms with Gasteiger partial charge in [-0.05, 0) is 23.8 Å². The van der Waals surface area contributed by atoms with Crippen molar-refractivity contribution < 1.29 is 4.74 Å². The van der Waals surface area contributed by atoms with Gasteiger partial charge >= 0.3 is 0 Å². The van der Waals surface area contributed by atoms with Crippen molar-refractivity contribution in [1.29, 1.82) is 5.26 Å². The van der Waals surface area contributed by atoms with Crippen LogP contribution in [0.1, 0.15) is 11.1 Å². The summed E-state index contributed by atoms with van der Waals surface area (Å²) in [7, 11) is 0. The zero-order valence-electron chi connectivity index (χ0n) is 10.7. The third-order valence-electron chi connectivity index (χ3n) is 3.00. The summed E-state index contributed by atoms with van der Waals surface area (Å²) < 4.78 is 5.72. The third kappa shape index (κ3) is 2.43. The summed E-state index contributed by atoms with van der Waals surface area (Å²) in [5, 5.41) is 18.7. The molecule has 2 aromatic carbocycles. The minimum atomic E-state index is 0.397.